The summed E-state index contributed by atoms with van der Waals surface area (Å²) in [5, 5.41) is 13.7. The minimum absolute atomic E-state index is 0.0959. The summed E-state index contributed by atoms with van der Waals surface area (Å²) in [7, 11) is 0. The van der Waals surface area contributed by atoms with Crippen molar-refractivity contribution in [3.8, 4) is 0 Å². The van der Waals surface area contributed by atoms with Gasteiger partial charge in [-0.2, -0.15) is 0 Å². The van der Waals surface area contributed by atoms with Gasteiger partial charge in [0.05, 0.1) is 9.40 Å². The molecule has 0 atom stereocenters. The van der Waals surface area contributed by atoms with E-state index in [2.05, 4.69) is 26.2 Å². The minimum atomic E-state index is -0.407. The predicted molar refractivity (Wildman–Crippen MR) is 77.1 cm³/mol. The number of hydrogen-bond acceptors (Lipinski definition) is 4. The molecule has 1 aromatic carbocycles. The highest BCUT2D eigenvalue weighted by atomic mass is 79.9. The Morgan fingerprint density at radius 3 is 2.63 bits per heavy atom. The third-order valence-corrected chi connectivity index (χ3v) is 3.69. The molecule has 0 bridgehead atoms. The van der Waals surface area contributed by atoms with Gasteiger partial charge < -0.3 is 5.32 Å². The molecule has 1 aromatic heterocycles. The fraction of sp³-hybridized carbons (Fsp3) is 0.154. The topological polar surface area (TPSA) is 68.1 Å². The molecular formula is C13H12BrN3O2. The molecule has 98 valence electrons. The number of nitro benzene ring substituents is 1. The van der Waals surface area contributed by atoms with Gasteiger partial charge in [0.2, 0.25) is 0 Å². The molecule has 0 aliphatic rings. The fourth-order valence-corrected chi connectivity index (χ4v) is 1.96. The molecule has 2 rings (SSSR count). The van der Waals surface area contributed by atoms with Crippen LogP contribution in [0.15, 0.2) is 41.0 Å². The van der Waals surface area contributed by atoms with Crippen LogP contribution in [-0.4, -0.2) is 9.91 Å². The Morgan fingerprint density at radius 2 is 2.00 bits per heavy atom. The van der Waals surface area contributed by atoms with Crippen molar-refractivity contribution in [2.75, 3.05) is 5.32 Å². The van der Waals surface area contributed by atoms with Crippen LogP contribution in [0.1, 0.15) is 11.1 Å². The maximum atomic E-state index is 10.5. The van der Waals surface area contributed by atoms with Gasteiger partial charge >= 0.3 is 0 Å². The molecule has 2 aromatic rings. The normalized spacial score (nSPS) is 10.2. The summed E-state index contributed by atoms with van der Waals surface area (Å²) < 4.78 is 0.928. The van der Waals surface area contributed by atoms with Crippen molar-refractivity contribution >= 4 is 27.4 Å². The number of nitrogens with one attached hydrogen (secondary N) is 1. The number of nitro groups is 1. The number of benzene rings is 1. The van der Waals surface area contributed by atoms with E-state index in [0.29, 0.717) is 6.54 Å². The molecule has 1 N–H and O–H groups in total. The average molecular weight is 322 g/mol. The lowest BCUT2D eigenvalue weighted by Crippen LogP contribution is -2.02. The van der Waals surface area contributed by atoms with Crippen LogP contribution in [0, 0.1) is 17.0 Å². The molecule has 0 fully saturated rings. The summed E-state index contributed by atoms with van der Waals surface area (Å²) in [6.45, 7) is 2.55. The molecule has 19 heavy (non-hydrogen) atoms. The molecule has 0 aliphatic heterocycles. The van der Waals surface area contributed by atoms with Crippen LogP contribution < -0.4 is 5.32 Å². The zero-order valence-electron chi connectivity index (χ0n) is 10.3. The van der Waals surface area contributed by atoms with Gasteiger partial charge in [-0.3, -0.25) is 10.1 Å². The lowest BCUT2D eigenvalue weighted by atomic mass is 10.2. The number of halogens is 1. The van der Waals surface area contributed by atoms with Crippen molar-refractivity contribution in [3.05, 3.63) is 62.2 Å². The smallest absolute Gasteiger partial charge is 0.269 e. The van der Waals surface area contributed by atoms with Gasteiger partial charge in [0, 0.05) is 24.9 Å². The Labute approximate surface area is 119 Å². The third kappa shape index (κ3) is 3.29. The summed E-state index contributed by atoms with van der Waals surface area (Å²) in [4.78, 5) is 14.4. The van der Waals surface area contributed by atoms with E-state index in [1.165, 1.54) is 12.1 Å². The van der Waals surface area contributed by atoms with Crippen LogP contribution >= 0.6 is 15.9 Å². The van der Waals surface area contributed by atoms with Crippen LogP contribution in [0.25, 0.3) is 0 Å². The van der Waals surface area contributed by atoms with E-state index in [0.717, 1.165) is 21.4 Å². The Balaban J connectivity index is 2.06. The molecule has 0 aliphatic carbocycles. The number of rotatable bonds is 4. The van der Waals surface area contributed by atoms with Gasteiger partial charge in [0.1, 0.15) is 5.82 Å². The van der Waals surface area contributed by atoms with Gasteiger partial charge in [-0.05, 0) is 40.0 Å². The first-order valence-electron chi connectivity index (χ1n) is 5.66. The van der Waals surface area contributed by atoms with E-state index in [-0.39, 0.29) is 5.69 Å². The van der Waals surface area contributed by atoms with Gasteiger partial charge in [-0.1, -0.05) is 12.1 Å². The Hall–Kier alpha value is -1.95. The number of anilines is 1. The fourth-order valence-electron chi connectivity index (χ4n) is 1.58. The van der Waals surface area contributed by atoms with Crippen LogP contribution in [0.2, 0.25) is 0 Å². The quantitative estimate of drug-likeness (QED) is 0.689. The lowest BCUT2D eigenvalue weighted by molar-refractivity contribution is -0.384. The first kappa shape index (κ1) is 13.5. The average Bonchev–Trinajstić information content (AvgIpc) is 2.41. The van der Waals surface area contributed by atoms with Gasteiger partial charge in [-0.25, -0.2) is 4.98 Å². The first-order chi connectivity index (χ1) is 9.08. The highest BCUT2D eigenvalue weighted by molar-refractivity contribution is 9.10. The van der Waals surface area contributed by atoms with Crippen LogP contribution in [0.3, 0.4) is 0 Å². The van der Waals surface area contributed by atoms with E-state index >= 15 is 0 Å². The standard InChI is InChI=1S/C13H12BrN3O2/c1-9-6-7-15-13(12(9)14)16-8-10-2-4-11(5-3-10)17(18)19/h2-7H,8H2,1H3,(H,15,16). The van der Waals surface area contributed by atoms with Crippen molar-refractivity contribution in [2.45, 2.75) is 13.5 Å². The maximum absolute atomic E-state index is 10.5. The molecular weight excluding hydrogens is 310 g/mol. The number of hydrogen-bond donors (Lipinski definition) is 1. The minimum Gasteiger partial charge on any atom is -0.365 e. The van der Waals surface area contributed by atoms with Crippen molar-refractivity contribution in [1.29, 1.82) is 0 Å². The van der Waals surface area contributed by atoms with Crippen molar-refractivity contribution < 1.29 is 4.92 Å². The Morgan fingerprint density at radius 1 is 1.32 bits per heavy atom. The summed E-state index contributed by atoms with van der Waals surface area (Å²) in [6.07, 6.45) is 1.73. The van der Waals surface area contributed by atoms with Gasteiger partial charge in [0.15, 0.2) is 0 Å². The maximum Gasteiger partial charge on any atom is 0.269 e. The second-order valence-corrected chi connectivity index (χ2v) is 4.86. The Kier molecular flexibility index (Phi) is 4.11. The molecule has 6 heteroatoms. The van der Waals surface area contributed by atoms with Crippen LogP contribution in [-0.2, 0) is 6.54 Å². The van der Waals surface area contributed by atoms with E-state index in [4.69, 9.17) is 0 Å². The molecule has 0 saturated carbocycles. The zero-order chi connectivity index (χ0) is 13.8. The van der Waals surface area contributed by atoms with E-state index < -0.39 is 4.92 Å². The zero-order valence-corrected chi connectivity index (χ0v) is 11.8. The molecule has 0 saturated heterocycles. The Bertz CT molecular complexity index is 599. The summed E-state index contributed by atoms with van der Waals surface area (Å²) in [5.74, 6) is 0.762. The van der Waals surface area contributed by atoms with E-state index in [1.807, 2.05) is 13.0 Å². The third-order valence-electron chi connectivity index (χ3n) is 2.69. The van der Waals surface area contributed by atoms with Gasteiger partial charge in [0.25, 0.3) is 5.69 Å². The molecule has 0 amide bonds. The number of non-ortho nitro benzene ring substituents is 1. The van der Waals surface area contributed by atoms with Crippen LogP contribution in [0.5, 0.6) is 0 Å². The number of aryl methyl sites for hydroxylation is 1. The van der Waals surface area contributed by atoms with Crippen molar-refractivity contribution in [1.82, 2.24) is 4.98 Å². The predicted octanol–water partition coefficient (Wildman–Crippen LogP) is 3.67. The molecule has 0 radical (unpaired) electrons. The second-order valence-electron chi connectivity index (χ2n) is 4.07. The monoisotopic (exact) mass is 321 g/mol. The summed E-state index contributed by atoms with van der Waals surface area (Å²) in [5.41, 5.74) is 2.15. The lowest BCUT2D eigenvalue weighted by Gasteiger charge is -2.08. The molecule has 1 heterocycles. The number of aromatic nitrogens is 1. The van der Waals surface area contributed by atoms with E-state index in [9.17, 15) is 10.1 Å². The van der Waals surface area contributed by atoms with Crippen LogP contribution in [0.4, 0.5) is 11.5 Å². The van der Waals surface area contributed by atoms with Crippen molar-refractivity contribution in [3.63, 3.8) is 0 Å². The highest BCUT2D eigenvalue weighted by Crippen LogP contribution is 2.23. The first-order valence-corrected chi connectivity index (χ1v) is 6.45. The highest BCUT2D eigenvalue weighted by Gasteiger charge is 2.06. The number of pyridine rings is 1. The van der Waals surface area contributed by atoms with Crippen molar-refractivity contribution in [2.24, 2.45) is 0 Å². The van der Waals surface area contributed by atoms with E-state index in [1.54, 1.807) is 18.3 Å². The second kappa shape index (κ2) is 5.79. The number of nitrogens with zero attached hydrogens (tertiary/aromatic N) is 2. The molecule has 0 unspecified atom stereocenters. The largest absolute Gasteiger partial charge is 0.365 e. The molecule has 5 nitrogen and oxygen atoms in total. The summed E-state index contributed by atoms with van der Waals surface area (Å²) >= 11 is 3.47. The molecule has 0 spiro atoms. The summed E-state index contributed by atoms with van der Waals surface area (Å²) in [6, 6.07) is 8.37. The SMILES string of the molecule is Cc1ccnc(NCc2ccc([N+](=O)[O-])cc2)c1Br. The van der Waals surface area contributed by atoms with Gasteiger partial charge in [-0.15, -0.1) is 0 Å².